The monoisotopic (exact) mass is 477 g/mol. The van der Waals surface area contributed by atoms with E-state index < -0.39 is 10.0 Å². The highest BCUT2D eigenvalue weighted by atomic mass is 32.2. The molecule has 3 aromatic carbocycles. The number of benzene rings is 3. The van der Waals surface area contributed by atoms with E-state index in [2.05, 4.69) is 22.3 Å². The van der Waals surface area contributed by atoms with E-state index in [0.29, 0.717) is 43.1 Å². The molecule has 1 fully saturated rings. The van der Waals surface area contributed by atoms with Crippen molar-refractivity contribution in [2.75, 3.05) is 43.1 Å². The summed E-state index contributed by atoms with van der Waals surface area (Å²) in [6.45, 7) is 4.00. The number of ether oxygens (including phenoxy) is 1. The first-order chi connectivity index (χ1) is 16.4. The van der Waals surface area contributed by atoms with Crippen LogP contribution in [0.1, 0.15) is 21.5 Å². The van der Waals surface area contributed by atoms with Crippen molar-refractivity contribution in [3.8, 4) is 0 Å². The number of aryl methyl sites for hydroxylation is 1. The molecular formula is C26H27N3O4S. The maximum absolute atomic E-state index is 13.3. The second-order valence-electron chi connectivity index (χ2n) is 8.49. The Morgan fingerprint density at radius 2 is 1.62 bits per heavy atom. The molecule has 2 aliphatic heterocycles. The molecule has 2 aliphatic rings. The molecule has 34 heavy (non-hydrogen) atoms. The molecule has 8 heteroatoms. The smallest absolute Gasteiger partial charge is 0.256 e. The molecule has 0 unspecified atom stereocenters. The predicted molar refractivity (Wildman–Crippen MR) is 132 cm³/mol. The van der Waals surface area contributed by atoms with Crippen molar-refractivity contribution in [3.63, 3.8) is 0 Å². The summed E-state index contributed by atoms with van der Waals surface area (Å²) in [7, 11) is -3.70. The number of carbonyl (C=O) groups excluding carboxylic acids is 1. The molecule has 176 valence electrons. The van der Waals surface area contributed by atoms with Gasteiger partial charge in [0.05, 0.1) is 29.5 Å². The average Bonchev–Trinajstić information content (AvgIpc) is 3.29. The highest BCUT2D eigenvalue weighted by molar-refractivity contribution is 7.89. The number of hydrogen-bond acceptors (Lipinski definition) is 5. The topological polar surface area (TPSA) is 78.9 Å². The number of anilines is 3. The van der Waals surface area contributed by atoms with Gasteiger partial charge in [-0.3, -0.25) is 4.79 Å². The van der Waals surface area contributed by atoms with Crippen LogP contribution in [0, 0.1) is 6.92 Å². The Labute approximate surface area is 200 Å². The zero-order valence-corrected chi connectivity index (χ0v) is 19.8. The van der Waals surface area contributed by atoms with Gasteiger partial charge in [0.25, 0.3) is 5.91 Å². The van der Waals surface area contributed by atoms with Crippen LogP contribution in [0.3, 0.4) is 0 Å². The number of nitrogens with one attached hydrogen (secondary N) is 1. The van der Waals surface area contributed by atoms with Gasteiger partial charge in [0.2, 0.25) is 10.0 Å². The van der Waals surface area contributed by atoms with E-state index in [4.69, 9.17) is 4.74 Å². The van der Waals surface area contributed by atoms with Gasteiger partial charge in [0, 0.05) is 30.9 Å². The Bertz CT molecular complexity index is 1330. The molecule has 0 aromatic heterocycles. The molecule has 0 radical (unpaired) electrons. The molecule has 0 spiro atoms. The Morgan fingerprint density at radius 1 is 0.912 bits per heavy atom. The van der Waals surface area contributed by atoms with Crippen LogP contribution >= 0.6 is 0 Å². The van der Waals surface area contributed by atoms with E-state index in [1.165, 1.54) is 15.9 Å². The molecule has 1 N–H and O–H groups in total. The third-order valence-corrected chi connectivity index (χ3v) is 8.29. The summed E-state index contributed by atoms with van der Waals surface area (Å²) in [6, 6.07) is 20.7. The van der Waals surface area contributed by atoms with Crippen LogP contribution in [-0.2, 0) is 21.2 Å². The van der Waals surface area contributed by atoms with Crippen molar-refractivity contribution in [1.29, 1.82) is 0 Å². The summed E-state index contributed by atoms with van der Waals surface area (Å²) in [5, 5.41) is 3.02. The van der Waals surface area contributed by atoms with Crippen LogP contribution < -0.4 is 10.2 Å². The second-order valence-corrected chi connectivity index (χ2v) is 10.4. The van der Waals surface area contributed by atoms with Gasteiger partial charge in [0.15, 0.2) is 0 Å². The van der Waals surface area contributed by atoms with Gasteiger partial charge in [-0.05, 0) is 54.8 Å². The second kappa shape index (κ2) is 9.21. The fourth-order valence-corrected chi connectivity index (χ4v) is 5.97. The standard InChI is InChI=1S/C26H27N3O4S/c1-19-10-11-21(34(31,32)28-14-16-33-17-15-28)18-22(19)26(30)27-23-7-3-5-9-25(23)29-13-12-20-6-2-4-8-24(20)29/h2-11,18H,12-17H2,1H3,(H,27,30). The van der Waals surface area contributed by atoms with Crippen molar-refractivity contribution in [2.24, 2.45) is 0 Å². The normalized spacial score (nSPS) is 16.3. The maximum Gasteiger partial charge on any atom is 0.256 e. The van der Waals surface area contributed by atoms with E-state index >= 15 is 0 Å². The Kier molecular flexibility index (Phi) is 6.12. The lowest BCUT2D eigenvalue weighted by Gasteiger charge is -2.26. The van der Waals surface area contributed by atoms with Gasteiger partial charge in [-0.15, -0.1) is 0 Å². The highest BCUT2D eigenvalue weighted by Crippen LogP contribution is 2.38. The molecule has 0 aliphatic carbocycles. The zero-order chi connectivity index (χ0) is 23.7. The van der Waals surface area contributed by atoms with E-state index in [0.717, 1.165) is 24.3 Å². The molecule has 1 amide bonds. The van der Waals surface area contributed by atoms with Crippen LogP contribution in [0.15, 0.2) is 71.6 Å². The third-order valence-electron chi connectivity index (χ3n) is 6.39. The number of hydrogen-bond donors (Lipinski definition) is 1. The number of morpholine rings is 1. The number of fused-ring (bicyclic) bond motifs is 1. The summed E-state index contributed by atoms with van der Waals surface area (Å²) < 4.78 is 32.9. The van der Waals surface area contributed by atoms with Crippen LogP contribution in [0.5, 0.6) is 0 Å². The van der Waals surface area contributed by atoms with E-state index in [1.54, 1.807) is 12.1 Å². The lowest BCUT2D eigenvalue weighted by Crippen LogP contribution is -2.40. The summed E-state index contributed by atoms with van der Waals surface area (Å²) >= 11 is 0. The van der Waals surface area contributed by atoms with E-state index in [9.17, 15) is 13.2 Å². The number of rotatable bonds is 5. The minimum Gasteiger partial charge on any atom is -0.379 e. The minimum atomic E-state index is -3.70. The van der Waals surface area contributed by atoms with Gasteiger partial charge in [-0.2, -0.15) is 4.31 Å². The summed E-state index contributed by atoms with van der Waals surface area (Å²) in [6.07, 6.45) is 0.943. The summed E-state index contributed by atoms with van der Waals surface area (Å²) in [4.78, 5) is 15.7. The highest BCUT2D eigenvalue weighted by Gasteiger charge is 2.28. The maximum atomic E-state index is 13.3. The first-order valence-electron chi connectivity index (χ1n) is 11.4. The summed E-state index contributed by atoms with van der Waals surface area (Å²) in [5.74, 6) is -0.337. The molecule has 5 rings (SSSR count). The van der Waals surface area contributed by atoms with Gasteiger partial charge < -0.3 is 15.0 Å². The number of carbonyl (C=O) groups is 1. The Hall–Kier alpha value is -3.20. The first kappa shape index (κ1) is 22.6. The van der Waals surface area contributed by atoms with E-state index in [-0.39, 0.29) is 10.8 Å². The molecular weight excluding hydrogens is 450 g/mol. The van der Waals surface area contributed by atoms with Crippen LogP contribution in [-0.4, -0.2) is 51.5 Å². The van der Waals surface area contributed by atoms with Crippen molar-refractivity contribution in [3.05, 3.63) is 83.4 Å². The van der Waals surface area contributed by atoms with Crippen molar-refractivity contribution < 1.29 is 17.9 Å². The van der Waals surface area contributed by atoms with Crippen molar-refractivity contribution in [1.82, 2.24) is 4.31 Å². The van der Waals surface area contributed by atoms with Gasteiger partial charge in [-0.1, -0.05) is 36.4 Å². The Balaban J connectivity index is 1.43. The number of amides is 1. The molecule has 0 atom stereocenters. The van der Waals surface area contributed by atoms with Crippen LogP contribution in [0.25, 0.3) is 0 Å². The zero-order valence-electron chi connectivity index (χ0n) is 19.0. The SMILES string of the molecule is Cc1ccc(S(=O)(=O)N2CCOCC2)cc1C(=O)Nc1ccccc1N1CCc2ccccc21. The fourth-order valence-electron chi connectivity index (χ4n) is 4.54. The molecule has 7 nitrogen and oxygen atoms in total. The van der Waals surface area contributed by atoms with Gasteiger partial charge in [0.1, 0.15) is 0 Å². The van der Waals surface area contributed by atoms with Crippen molar-refractivity contribution in [2.45, 2.75) is 18.2 Å². The largest absolute Gasteiger partial charge is 0.379 e. The van der Waals surface area contributed by atoms with Gasteiger partial charge >= 0.3 is 0 Å². The number of para-hydroxylation sites is 3. The molecule has 0 bridgehead atoms. The third kappa shape index (κ3) is 4.20. The van der Waals surface area contributed by atoms with Crippen LogP contribution in [0.4, 0.5) is 17.1 Å². The number of sulfonamides is 1. The first-order valence-corrected chi connectivity index (χ1v) is 12.8. The molecule has 1 saturated heterocycles. The van der Waals surface area contributed by atoms with Crippen LogP contribution in [0.2, 0.25) is 0 Å². The quantitative estimate of drug-likeness (QED) is 0.602. The lowest BCUT2D eigenvalue weighted by atomic mass is 10.1. The Morgan fingerprint density at radius 3 is 2.41 bits per heavy atom. The van der Waals surface area contributed by atoms with E-state index in [1.807, 2.05) is 43.3 Å². The van der Waals surface area contributed by atoms with Gasteiger partial charge in [-0.25, -0.2) is 8.42 Å². The molecule has 0 saturated carbocycles. The average molecular weight is 478 g/mol. The summed E-state index contributed by atoms with van der Waals surface area (Å²) in [5.41, 5.74) is 5.06. The fraction of sp³-hybridized carbons (Fsp3) is 0.269. The van der Waals surface area contributed by atoms with Crippen molar-refractivity contribution >= 4 is 33.0 Å². The lowest BCUT2D eigenvalue weighted by molar-refractivity contribution is 0.0730. The molecule has 3 aromatic rings. The number of nitrogens with zero attached hydrogens (tertiary/aromatic N) is 2. The molecule has 2 heterocycles. The predicted octanol–water partition coefficient (Wildman–Crippen LogP) is 3.96. The minimum absolute atomic E-state index is 0.118.